The third kappa shape index (κ3) is 3.74. The van der Waals surface area contributed by atoms with Gasteiger partial charge in [-0.05, 0) is 24.3 Å². The van der Waals surface area contributed by atoms with Gasteiger partial charge in [0.2, 0.25) is 0 Å². The molecule has 3 heterocycles. The first kappa shape index (κ1) is 17.7. The number of halogens is 2. The maximum Gasteiger partial charge on any atom is 0.276 e. The molecule has 0 aliphatic carbocycles. The van der Waals surface area contributed by atoms with E-state index in [2.05, 4.69) is 20.4 Å². The van der Waals surface area contributed by atoms with Crippen molar-refractivity contribution in [2.45, 2.75) is 18.6 Å². The zero-order valence-electron chi connectivity index (χ0n) is 14.5. The van der Waals surface area contributed by atoms with E-state index in [-0.39, 0.29) is 11.4 Å². The van der Waals surface area contributed by atoms with Crippen LogP contribution in [0.4, 0.5) is 20.3 Å². The first-order valence-corrected chi connectivity index (χ1v) is 8.68. The van der Waals surface area contributed by atoms with Crippen molar-refractivity contribution < 1.29 is 23.0 Å². The predicted octanol–water partition coefficient (Wildman–Crippen LogP) is 2.35. The molecular weight excluding hydrogens is 358 g/mol. The first-order chi connectivity index (χ1) is 13.0. The molecule has 2 saturated heterocycles. The highest BCUT2D eigenvalue weighted by molar-refractivity contribution is 6.02. The van der Waals surface area contributed by atoms with E-state index in [1.807, 2.05) is 0 Å². The summed E-state index contributed by atoms with van der Waals surface area (Å²) in [4.78, 5) is 14.2. The van der Waals surface area contributed by atoms with Crippen LogP contribution in [-0.2, 0) is 9.47 Å². The number of rotatable bonds is 3. The van der Waals surface area contributed by atoms with Gasteiger partial charge in [-0.25, -0.2) is 8.78 Å². The van der Waals surface area contributed by atoms with Crippen molar-refractivity contribution in [3.8, 4) is 0 Å². The van der Waals surface area contributed by atoms with E-state index >= 15 is 0 Å². The lowest BCUT2D eigenvalue weighted by molar-refractivity contribution is -0.169. The summed E-state index contributed by atoms with van der Waals surface area (Å²) in [5, 5.41) is 10.5. The van der Waals surface area contributed by atoms with Crippen molar-refractivity contribution in [1.82, 2.24) is 10.2 Å². The van der Waals surface area contributed by atoms with Crippen LogP contribution in [0.1, 0.15) is 23.3 Å². The molecule has 0 unspecified atom stereocenters. The Morgan fingerprint density at radius 3 is 2.41 bits per heavy atom. The topological polar surface area (TPSA) is 76.6 Å². The van der Waals surface area contributed by atoms with Crippen LogP contribution in [0.5, 0.6) is 0 Å². The van der Waals surface area contributed by atoms with Crippen molar-refractivity contribution in [3.63, 3.8) is 0 Å². The first-order valence-electron chi connectivity index (χ1n) is 8.68. The van der Waals surface area contributed by atoms with E-state index in [4.69, 9.17) is 9.47 Å². The smallest absolute Gasteiger partial charge is 0.276 e. The van der Waals surface area contributed by atoms with Gasteiger partial charge in [0, 0.05) is 37.7 Å². The maximum absolute atomic E-state index is 13.2. The minimum absolute atomic E-state index is 0.0828. The van der Waals surface area contributed by atoms with Crippen LogP contribution in [-0.4, -0.2) is 48.2 Å². The number of piperidine rings is 1. The Bertz CT molecular complexity index is 831. The SMILES string of the molecule is O=C(Nc1ccc(F)c(F)c1)c1ccc(N2CCC3(CC2)OCCO3)nn1. The van der Waals surface area contributed by atoms with Gasteiger partial charge in [0.1, 0.15) is 0 Å². The summed E-state index contributed by atoms with van der Waals surface area (Å²) in [6.45, 7) is 2.69. The molecule has 1 aromatic carbocycles. The van der Waals surface area contributed by atoms with Crippen molar-refractivity contribution in [3.05, 3.63) is 47.7 Å². The standard InChI is InChI=1S/C18H18F2N4O3/c19-13-2-1-12(11-14(13)20)21-17(25)15-3-4-16(23-22-15)24-7-5-18(6-8-24)26-9-10-27-18/h1-4,11H,5-10H2,(H,21,25). The van der Waals surface area contributed by atoms with E-state index in [1.165, 1.54) is 6.07 Å². The summed E-state index contributed by atoms with van der Waals surface area (Å²) in [6.07, 6.45) is 1.49. The van der Waals surface area contributed by atoms with Gasteiger partial charge < -0.3 is 19.7 Å². The molecule has 0 bridgehead atoms. The van der Waals surface area contributed by atoms with E-state index in [0.717, 1.165) is 38.1 Å². The molecule has 2 aliphatic rings. The third-order valence-electron chi connectivity index (χ3n) is 4.72. The van der Waals surface area contributed by atoms with Crippen molar-refractivity contribution in [2.75, 3.05) is 36.5 Å². The molecule has 1 aromatic heterocycles. The number of hydrogen-bond donors (Lipinski definition) is 1. The third-order valence-corrected chi connectivity index (χ3v) is 4.72. The number of nitrogens with zero attached hydrogens (tertiary/aromatic N) is 3. The average Bonchev–Trinajstić information content (AvgIpc) is 3.13. The largest absolute Gasteiger partial charge is 0.355 e. The van der Waals surface area contributed by atoms with E-state index in [1.54, 1.807) is 12.1 Å². The highest BCUT2D eigenvalue weighted by Gasteiger charge is 2.40. The number of carbonyl (C=O) groups excluding carboxylic acids is 1. The van der Waals surface area contributed by atoms with E-state index in [9.17, 15) is 13.6 Å². The number of carbonyl (C=O) groups is 1. The number of anilines is 2. The number of amides is 1. The monoisotopic (exact) mass is 376 g/mol. The summed E-state index contributed by atoms with van der Waals surface area (Å²) in [7, 11) is 0. The number of aromatic nitrogens is 2. The number of nitrogens with one attached hydrogen (secondary N) is 1. The lowest BCUT2D eigenvalue weighted by Gasteiger charge is -2.37. The van der Waals surface area contributed by atoms with E-state index < -0.39 is 23.3 Å². The summed E-state index contributed by atoms with van der Waals surface area (Å²) in [5.41, 5.74) is 0.224. The Balaban J connectivity index is 1.38. The Morgan fingerprint density at radius 2 is 1.78 bits per heavy atom. The normalized spacial score (nSPS) is 18.7. The van der Waals surface area contributed by atoms with Crippen LogP contribution in [0.25, 0.3) is 0 Å². The minimum atomic E-state index is -1.03. The predicted molar refractivity (Wildman–Crippen MR) is 92.4 cm³/mol. The van der Waals surface area contributed by atoms with Gasteiger partial charge >= 0.3 is 0 Å². The number of ether oxygens (including phenoxy) is 2. The van der Waals surface area contributed by atoms with Gasteiger partial charge in [0.25, 0.3) is 5.91 Å². The average molecular weight is 376 g/mol. The van der Waals surface area contributed by atoms with Crippen molar-refractivity contribution >= 4 is 17.4 Å². The molecule has 1 amide bonds. The molecule has 0 saturated carbocycles. The van der Waals surface area contributed by atoms with Gasteiger partial charge in [-0.1, -0.05) is 0 Å². The Hall–Kier alpha value is -2.65. The maximum atomic E-state index is 13.2. The molecule has 27 heavy (non-hydrogen) atoms. The molecule has 2 aromatic rings. The molecule has 4 rings (SSSR count). The van der Waals surface area contributed by atoms with Gasteiger partial charge in [-0.3, -0.25) is 4.79 Å². The van der Waals surface area contributed by atoms with Crippen LogP contribution in [0.2, 0.25) is 0 Å². The minimum Gasteiger partial charge on any atom is -0.355 e. The van der Waals surface area contributed by atoms with E-state index in [0.29, 0.717) is 19.0 Å². The summed E-state index contributed by atoms with van der Waals surface area (Å²) in [5.74, 6) is -2.37. The van der Waals surface area contributed by atoms with Gasteiger partial charge in [-0.15, -0.1) is 10.2 Å². The molecule has 0 radical (unpaired) electrons. The van der Waals surface area contributed by atoms with Crippen LogP contribution < -0.4 is 10.2 Å². The zero-order chi connectivity index (χ0) is 18.9. The fourth-order valence-corrected chi connectivity index (χ4v) is 3.25. The fourth-order valence-electron chi connectivity index (χ4n) is 3.25. The fraction of sp³-hybridized carbons (Fsp3) is 0.389. The number of benzene rings is 1. The van der Waals surface area contributed by atoms with Crippen LogP contribution >= 0.6 is 0 Å². The summed E-state index contributed by atoms with van der Waals surface area (Å²) >= 11 is 0. The molecule has 1 N–H and O–H groups in total. The van der Waals surface area contributed by atoms with Crippen LogP contribution in [0, 0.1) is 11.6 Å². The highest BCUT2D eigenvalue weighted by Crippen LogP contribution is 2.32. The highest BCUT2D eigenvalue weighted by atomic mass is 19.2. The quantitative estimate of drug-likeness (QED) is 0.886. The Labute approximate surface area is 154 Å². The molecule has 142 valence electrons. The number of hydrogen-bond acceptors (Lipinski definition) is 6. The molecule has 9 heteroatoms. The second-order valence-electron chi connectivity index (χ2n) is 6.45. The summed E-state index contributed by atoms with van der Waals surface area (Å²) in [6, 6.07) is 6.38. The van der Waals surface area contributed by atoms with Crippen molar-refractivity contribution in [2.24, 2.45) is 0 Å². The molecule has 2 fully saturated rings. The summed E-state index contributed by atoms with van der Waals surface area (Å²) < 4.78 is 37.6. The second kappa shape index (κ2) is 7.16. The van der Waals surface area contributed by atoms with Gasteiger partial charge in [0.15, 0.2) is 28.9 Å². The molecule has 7 nitrogen and oxygen atoms in total. The second-order valence-corrected chi connectivity index (χ2v) is 6.45. The Morgan fingerprint density at radius 1 is 1.04 bits per heavy atom. The zero-order valence-corrected chi connectivity index (χ0v) is 14.5. The Kier molecular flexibility index (Phi) is 4.71. The van der Waals surface area contributed by atoms with Crippen LogP contribution in [0.15, 0.2) is 30.3 Å². The lowest BCUT2D eigenvalue weighted by Crippen LogP contribution is -2.45. The molecule has 0 atom stereocenters. The van der Waals surface area contributed by atoms with Crippen molar-refractivity contribution in [1.29, 1.82) is 0 Å². The van der Waals surface area contributed by atoms with Crippen LogP contribution in [0.3, 0.4) is 0 Å². The van der Waals surface area contributed by atoms with Gasteiger partial charge in [-0.2, -0.15) is 0 Å². The molecule has 2 aliphatic heterocycles. The molecule has 1 spiro atoms. The molecular formula is C18H18F2N4O3. The lowest BCUT2D eigenvalue weighted by atomic mass is 10.0. The van der Waals surface area contributed by atoms with Gasteiger partial charge in [0.05, 0.1) is 13.2 Å².